The van der Waals surface area contributed by atoms with Gasteiger partial charge in [0, 0.05) is 7.11 Å². The summed E-state index contributed by atoms with van der Waals surface area (Å²) in [5.74, 6) is -0.250. The van der Waals surface area contributed by atoms with Crippen LogP contribution in [-0.4, -0.2) is 25.8 Å². The molecule has 0 amide bonds. The number of methoxy groups -OCH3 is 1. The highest BCUT2D eigenvalue weighted by molar-refractivity contribution is 5.74. The van der Waals surface area contributed by atoms with Gasteiger partial charge in [0.2, 0.25) is 0 Å². The van der Waals surface area contributed by atoms with E-state index in [1.165, 1.54) is 0 Å². The second-order valence-corrected chi connectivity index (χ2v) is 6.47. The van der Waals surface area contributed by atoms with Gasteiger partial charge in [-0.15, -0.1) is 0 Å². The van der Waals surface area contributed by atoms with Crippen molar-refractivity contribution in [1.82, 2.24) is 0 Å². The Labute approximate surface area is 172 Å². The zero-order chi connectivity index (χ0) is 20.7. The normalized spacial score (nSPS) is 13.7. The summed E-state index contributed by atoms with van der Waals surface area (Å²) in [6, 6.07) is 0. The number of esters is 1. The fourth-order valence-corrected chi connectivity index (χ4v) is 2.53. The third-order valence-corrected chi connectivity index (χ3v) is 4.08. The molecule has 1 atom stereocenters. The van der Waals surface area contributed by atoms with Crippen molar-refractivity contribution in [2.24, 2.45) is 0 Å². The first-order valence-corrected chi connectivity index (χ1v) is 10.7. The van der Waals surface area contributed by atoms with Crippen LogP contribution in [0.3, 0.4) is 0 Å². The molecule has 0 bridgehead atoms. The smallest absolute Gasteiger partial charge is 0.335 e. The van der Waals surface area contributed by atoms with Gasteiger partial charge in [0.1, 0.15) is 0 Å². The predicted octanol–water partition coefficient (Wildman–Crippen LogP) is 6.88. The molecule has 0 spiro atoms. The van der Waals surface area contributed by atoms with Crippen LogP contribution in [0.4, 0.5) is 0 Å². The largest absolute Gasteiger partial charge is 0.464 e. The number of allylic oxidation sites excluding steroid dienone is 10. The van der Waals surface area contributed by atoms with Crippen molar-refractivity contribution in [2.75, 3.05) is 13.7 Å². The van der Waals surface area contributed by atoms with Gasteiger partial charge in [-0.2, -0.15) is 0 Å². The van der Waals surface area contributed by atoms with E-state index in [9.17, 15) is 4.79 Å². The van der Waals surface area contributed by atoms with Crippen molar-refractivity contribution >= 4 is 5.97 Å². The Kier molecular flexibility index (Phi) is 20.0. The Bertz CT molecular complexity index is 498. The lowest BCUT2D eigenvalue weighted by molar-refractivity contribution is -0.155. The molecule has 0 saturated carbocycles. The van der Waals surface area contributed by atoms with E-state index >= 15 is 0 Å². The minimum absolute atomic E-state index is 0.250. The summed E-state index contributed by atoms with van der Waals surface area (Å²) in [6.45, 7) is 4.37. The molecule has 158 valence electrons. The van der Waals surface area contributed by atoms with Gasteiger partial charge in [0.25, 0.3) is 0 Å². The van der Waals surface area contributed by atoms with E-state index in [1.807, 2.05) is 6.92 Å². The molecule has 0 saturated heterocycles. The number of hydrogen-bond donors (Lipinski definition) is 0. The zero-order valence-corrected chi connectivity index (χ0v) is 18.1. The molecule has 0 fully saturated rings. The lowest BCUT2D eigenvalue weighted by Crippen LogP contribution is -2.25. The molecule has 0 aromatic heterocycles. The highest BCUT2D eigenvalue weighted by Crippen LogP contribution is 2.09. The third-order valence-electron chi connectivity index (χ3n) is 4.08. The summed E-state index contributed by atoms with van der Waals surface area (Å²) in [5, 5.41) is 0. The minimum Gasteiger partial charge on any atom is -0.464 e. The van der Waals surface area contributed by atoms with Crippen LogP contribution in [0, 0.1) is 0 Å². The molecule has 28 heavy (non-hydrogen) atoms. The summed E-state index contributed by atoms with van der Waals surface area (Å²) in [5.41, 5.74) is 0. The van der Waals surface area contributed by atoms with Gasteiger partial charge in [0.05, 0.1) is 6.61 Å². The lowest BCUT2D eigenvalue weighted by Gasteiger charge is -2.13. The van der Waals surface area contributed by atoms with E-state index in [2.05, 4.69) is 67.7 Å². The van der Waals surface area contributed by atoms with E-state index in [1.54, 1.807) is 7.11 Å². The van der Waals surface area contributed by atoms with Gasteiger partial charge in [-0.3, -0.25) is 0 Å². The number of carbonyl (C=O) groups is 1. The van der Waals surface area contributed by atoms with Crippen molar-refractivity contribution in [3.05, 3.63) is 60.8 Å². The first kappa shape index (κ1) is 26.1. The molecular formula is C25H40O3. The van der Waals surface area contributed by atoms with Gasteiger partial charge in [-0.1, -0.05) is 67.7 Å². The number of unbranched alkanes of at least 4 members (excludes halogenated alkanes) is 2. The molecule has 0 aliphatic rings. The van der Waals surface area contributed by atoms with Crippen molar-refractivity contribution in [1.29, 1.82) is 0 Å². The van der Waals surface area contributed by atoms with E-state index in [0.717, 1.165) is 57.8 Å². The second-order valence-electron chi connectivity index (χ2n) is 6.47. The van der Waals surface area contributed by atoms with Gasteiger partial charge in [-0.25, -0.2) is 4.79 Å². The summed E-state index contributed by atoms with van der Waals surface area (Å²) >= 11 is 0. The van der Waals surface area contributed by atoms with Crippen LogP contribution in [0.1, 0.15) is 71.6 Å². The van der Waals surface area contributed by atoms with Crippen LogP contribution < -0.4 is 0 Å². The molecular weight excluding hydrogens is 348 g/mol. The Morgan fingerprint density at radius 1 is 0.750 bits per heavy atom. The summed E-state index contributed by atoms with van der Waals surface area (Å²) in [4.78, 5) is 11.6. The molecule has 3 nitrogen and oxygen atoms in total. The maximum Gasteiger partial charge on any atom is 0.335 e. The van der Waals surface area contributed by atoms with E-state index in [-0.39, 0.29) is 5.97 Å². The molecule has 0 aliphatic heterocycles. The highest BCUT2D eigenvalue weighted by Gasteiger charge is 2.17. The number of rotatable bonds is 17. The van der Waals surface area contributed by atoms with E-state index in [0.29, 0.717) is 6.61 Å². The molecule has 0 aromatic carbocycles. The monoisotopic (exact) mass is 388 g/mol. The van der Waals surface area contributed by atoms with Gasteiger partial charge >= 0.3 is 5.97 Å². The lowest BCUT2D eigenvalue weighted by atomic mass is 10.1. The van der Waals surface area contributed by atoms with Crippen LogP contribution >= 0.6 is 0 Å². The Morgan fingerprint density at radius 2 is 1.25 bits per heavy atom. The molecule has 0 heterocycles. The fourth-order valence-electron chi connectivity index (χ4n) is 2.53. The molecule has 0 aliphatic carbocycles. The standard InChI is InChI=1S/C25H40O3/c1-4-6-7-8-9-10-11-12-13-14-15-16-17-18-19-20-21-22-23-24(27-3)25(26)28-5-2/h6-7,9-10,12-13,15-16,18-19,24H,4-5,8,11,14,17,20-23H2,1-3H3. The third kappa shape index (κ3) is 17.5. The van der Waals surface area contributed by atoms with Gasteiger partial charge in [0.15, 0.2) is 6.10 Å². The van der Waals surface area contributed by atoms with Crippen LogP contribution in [0.25, 0.3) is 0 Å². The molecule has 0 N–H and O–H groups in total. The average Bonchev–Trinajstić information content (AvgIpc) is 2.70. The SMILES string of the molecule is CCC=CCC=CCC=CCC=CCC=CCCCCC(OC)C(=O)OCC. The first-order valence-electron chi connectivity index (χ1n) is 10.7. The summed E-state index contributed by atoms with van der Waals surface area (Å²) in [7, 11) is 1.56. The summed E-state index contributed by atoms with van der Waals surface area (Å²) in [6.07, 6.45) is 30.5. The first-order chi connectivity index (χ1) is 13.8. The number of ether oxygens (including phenoxy) is 2. The Hall–Kier alpha value is -1.87. The van der Waals surface area contributed by atoms with Crippen molar-refractivity contribution in [2.45, 2.75) is 77.7 Å². The molecule has 0 radical (unpaired) electrons. The maximum atomic E-state index is 11.6. The zero-order valence-electron chi connectivity index (χ0n) is 18.1. The maximum absolute atomic E-state index is 11.6. The number of carbonyl (C=O) groups excluding carboxylic acids is 1. The Morgan fingerprint density at radius 3 is 1.71 bits per heavy atom. The van der Waals surface area contributed by atoms with Crippen molar-refractivity contribution in [3.8, 4) is 0 Å². The molecule has 3 heteroatoms. The number of hydrogen-bond acceptors (Lipinski definition) is 3. The van der Waals surface area contributed by atoms with Crippen LogP contribution in [0.2, 0.25) is 0 Å². The van der Waals surface area contributed by atoms with Gasteiger partial charge in [-0.05, 0) is 64.7 Å². The Balaban J connectivity index is 3.62. The fraction of sp³-hybridized carbons (Fsp3) is 0.560. The van der Waals surface area contributed by atoms with E-state index in [4.69, 9.17) is 9.47 Å². The molecule has 1 unspecified atom stereocenters. The van der Waals surface area contributed by atoms with E-state index < -0.39 is 6.10 Å². The quantitative estimate of drug-likeness (QED) is 0.155. The van der Waals surface area contributed by atoms with Gasteiger partial charge < -0.3 is 9.47 Å². The van der Waals surface area contributed by atoms with Crippen LogP contribution in [-0.2, 0) is 14.3 Å². The summed E-state index contributed by atoms with van der Waals surface area (Å²) < 4.78 is 10.2. The molecule has 0 rings (SSSR count). The molecule has 0 aromatic rings. The minimum atomic E-state index is -0.423. The predicted molar refractivity (Wildman–Crippen MR) is 120 cm³/mol. The average molecular weight is 389 g/mol. The topological polar surface area (TPSA) is 35.5 Å². The highest BCUT2D eigenvalue weighted by atomic mass is 16.6. The van der Waals surface area contributed by atoms with Crippen molar-refractivity contribution < 1.29 is 14.3 Å². The van der Waals surface area contributed by atoms with Crippen molar-refractivity contribution in [3.63, 3.8) is 0 Å². The van der Waals surface area contributed by atoms with Crippen LogP contribution in [0.5, 0.6) is 0 Å². The second kappa shape index (κ2) is 21.4. The van der Waals surface area contributed by atoms with Crippen LogP contribution in [0.15, 0.2) is 60.8 Å².